The topological polar surface area (TPSA) is 9.23 Å². The molecule has 0 aliphatic heterocycles. The molecular weight excluding hydrogens is 416 g/mol. The highest BCUT2D eigenvalue weighted by Crippen LogP contribution is 2.36. The first-order chi connectivity index (χ1) is 15.3. The lowest BCUT2D eigenvalue weighted by atomic mass is 9.79. The highest BCUT2D eigenvalue weighted by Gasteiger charge is 2.20. The third-order valence-corrected chi connectivity index (χ3v) is 6.51. The average molecular weight is 442 g/mol. The summed E-state index contributed by atoms with van der Waals surface area (Å²) in [5.74, 6) is -1.88. The molecule has 4 rings (SSSR count). The normalized spacial score (nSPS) is 18.6. The molecule has 0 aromatic heterocycles. The quantitative estimate of drug-likeness (QED) is 0.363. The molecule has 0 unspecified atom stereocenters. The Kier molecular flexibility index (Phi) is 6.54. The van der Waals surface area contributed by atoms with E-state index in [1.54, 1.807) is 0 Å². The number of hydrogen-bond donors (Lipinski definition) is 0. The van der Waals surface area contributed by atoms with Crippen molar-refractivity contribution >= 4 is 0 Å². The second-order valence-corrected chi connectivity index (χ2v) is 8.80. The first-order valence-corrected chi connectivity index (χ1v) is 11.0. The van der Waals surface area contributed by atoms with Gasteiger partial charge in [-0.15, -0.1) is 0 Å². The SMILES string of the molecule is Cc1c(F)cc(OCc2c(F)cc(-c3ccc(C4CCC(C)CC4)cc3)cc2F)cc1F. The van der Waals surface area contributed by atoms with Crippen LogP contribution in [-0.2, 0) is 6.61 Å². The van der Waals surface area contributed by atoms with Gasteiger partial charge in [-0.25, -0.2) is 17.6 Å². The second-order valence-electron chi connectivity index (χ2n) is 8.80. The lowest BCUT2D eigenvalue weighted by Gasteiger charge is -2.26. The maximum atomic E-state index is 14.7. The molecule has 0 bridgehead atoms. The molecule has 0 amide bonds. The number of halogens is 4. The molecule has 1 nitrogen and oxygen atoms in total. The Morgan fingerprint density at radius 2 is 1.31 bits per heavy atom. The Morgan fingerprint density at radius 3 is 1.88 bits per heavy atom. The van der Waals surface area contributed by atoms with Gasteiger partial charge in [-0.05, 0) is 60.4 Å². The standard InChI is InChI=1S/C27H26F4O/c1-16-3-5-18(6-4-16)19-7-9-20(10-8-19)21-11-26(30)23(27(31)12-21)15-32-22-13-24(28)17(2)25(29)14-22/h7-14,16,18H,3-6,15H2,1-2H3. The lowest BCUT2D eigenvalue weighted by molar-refractivity contribution is 0.289. The van der Waals surface area contributed by atoms with Crippen LogP contribution in [0.1, 0.15) is 55.2 Å². The summed E-state index contributed by atoms with van der Waals surface area (Å²) >= 11 is 0. The highest BCUT2D eigenvalue weighted by atomic mass is 19.1. The summed E-state index contributed by atoms with van der Waals surface area (Å²) in [6.07, 6.45) is 4.81. The third-order valence-electron chi connectivity index (χ3n) is 6.51. The van der Waals surface area contributed by atoms with Gasteiger partial charge in [-0.3, -0.25) is 0 Å². The van der Waals surface area contributed by atoms with Crippen LogP contribution < -0.4 is 4.74 Å². The van der Waals surface area contributed by atoms with E-state index in [2.05, 4.69) is 6.92 Å². The zero-order valence-corrected chi connectivity index (χ0v) is 18.2. The minimum atomic E-state index is -0.775. The Bertz CT molecular complexity index is 1050. The zero-order chi connectivity index (χ0) is 22.8. The van der Waals surface area contributed by atoms with E-state index >= 15 is 0 Å². The van der Waals surface area contributed by atoms with Gasteiger partial charge in [0, 0.05) is 17.7 Å². The fourth-order valence-electron chi connectivity index (χ4n) is 4.31. The van der Waals surface area contributed by atoms with Crippen molar-refractivity contribution in [1.29, 1.82) is 0 Å². The van der Waals surface area contributed by atoms with Gasteiger partial charge < -0.3 is 4.74 Å². The summed E-state index contributed by atoms with van der Waals surface area (Å²) in [6.45, 7) is 3.11. The summed E-state index contributed by atoms with van der Waals surface area (Å²) < 4.78 is 61.9. The van der Waals surface area contributed by atoms with E-state index in [1.165, 1.54) is 50.3 Å². The molecule has 1 aliphatic carbocycles. The fraction of sp³-hybridized carbons (Fsp3) is 0.333. The van der Waals surface area contributed by atoms with Gasteiger partial charge in [0.2, 0.25) is 0 Å². The van der Waals surface area contributed by atoms with Gasteiger partial charge >= 0.3 is 0 Å². The molecule has 32 heavy (non-hydrogen) atoms. The van der Waals surface area contributed by atoms with E-state index in [-0.39, 0.29) is 16.9 Å². The molecule has 0 saturated heterocycles. The molecule has 3 aromatic carbocycles. The van der Waals surface area contributed by atoms with Crippen molar-refractivity contribution in [3.63, 3.8) is 0 Å². The first-order valence-electron chi connectivity index (χ1n) is 11.0. The molecule has 0 atom stereocenters. The number of benzene rings is 3. The summed E-state index contributed by atoms with van der Waals surface area (Å²) in [5, 5.41) is 0. The molecule has 0 N–H and O–H groups in total. The van der Waals surface area contributed by atoms with Crippen molar-refractivity contribution in [2.45, 2.75) is 52.1 Å². The first kappa shape index (κ1) is 22.4. The summed E-state index contributed by atoms with van der Waals surface area (Å²) in [4.78, 5) is 0. The van der Waals surface area contributed by atoms with Crippen molar-refractivity contribution in [1.82, 2.24) is 0 Å². The number of hydrogen-bond acceptors (Lipinski definition) is 1. The Balaban J connectivity index is 1.49. The fourth-order valence-corrected chi connectivity index (χ4v) is 4.31. The van der Waals surface area contributed by atoms with Crippen LogP contribution in [0, 0.1) is 36.1 Å². The van der Waals surface area contributed by atoms with Gasteiger partial charge in [-0.2, -0.15) is 0 Å². The number of rotatable bonds is 5. The molecule has 0 radical (unpaired) electrons. The van der Waals surface area contributed by atoms with Crippen LogP contribution in [0.25, 0.3) is 11.1 Å². The molecule has 1 saturated carbocycles. The van der Waals surface area contributed by atoms with Crippen LogP contribution in [0.5, 0.6) is 5.75 Å². The van der Waals surface area contributed by atoms with Gasteiger partial charge in [0.25, 0.3) is 0 Å². The average Bonchev–Trinajstić information content (AvgIpc) is 2.77. The van der Waals surface area contributed by atoms with Crippen molar-refractivity contribution in [3.8, 4) is 16.9 Å². The van der Waals surface area contributed by atoms with Crippen LogP contribution in [0.2, 0.25) is 0 Å². The zero-order valence-electron chi connectivity index (χ0n) is 18.2. The summed E-state index contributed by atoms with van der Waals surface area (Å²) in [5.41, 5.74) is 2.00. The summed E-state index contributed by atoms with van der Waals surface area (Å²) in [6, 6.07) is 12.4. The van der Waals surface area contributed by atoms with Crippen LogP contribution in [0.4, 0.5) is 17.6 Å². The van der Waals surface area contributed by atoms with Crippen LogP contribution in [0.3, 0.4) is 0 Å². The monoisotopic (exact) mass is 442 g/mol. The van der Waals surface area contributed by atoms with Gasteiger partial charge in [0.05, 0.1) is 5.56 Å². The smallest absolute Gasteiger partial charge is 0.133 e. The molecule has 1 aliphatic rings. The Labute approximate surface area is 186 Å². The predicted octanol–water partition coefficient (Wildman–Crippen LogP) is 8.09. The summed E-state index contributed by atoms with van der Waals surface area (Å²) in [7, 11) is 0. The largest absolute Gasteiger partial charge is 0.488 e. The lowest BCUT2D eigenvalue weighted by Crippen LogP contribution is -2.10. The van der Waals surface area contributed by atoms with Crippen LogP contribution >= 0.6 is 0 Å². The molecular formula is C27H26F4O. The van der Waals surface area contributed by atoms with Crippen molar-refractivity contribution in [2.24, 2.45) is 5.92 Å². The number of ether oxygens (including phenoxy) is 1. The second kappa shape index (κ2) is 9.35. The van der Waals surface area contributed by atoms with E-state index in [1.807, 2.05) is 24.3 Å². The maximum absolute atomic E-state index is 14.7. The Morgan fingerprint density at radius 1 is 0.750 bits per heavy atom. The van der Waals surface area contributed by atoms with Crippen molar-refractivity contribution in [3.05, 3.63) is 88.5 Å². The van der Waals surface area contributed by atoms with Crippen LogP contribution in [-0.4, -0.2) is 0 Å². The molecule has 0 heterocycles. The van der Waals surface area contributed by atoms with Gasteiger partial charge in [0.15, 0.2) is 0 Å². The van der Waals surface area contributed by atoms with E-state index in [4.69, 9.17) is 4.74 Å². The molecule has 3 aromatic rings. The van der Waals surface area contributed by atoms with Gasteiger partial charge in [0.1, 0.15) is 35.6 Å². The maximum Gasteiger partial charge on any atom is 0.133 e. The van der Waals surface area contributed by atoms with Crippen LogP contribution in [0.15, 0.2) is 48.5 Å². The van der Waals surface area contributed by atoms with Gasteiger partial charge in [-0.1, -0.05) is 44.0 Å². The minimum Gasteiger partial charge on any atom is -0.488 e. The molecule has 1 fully saturated rings. The molecule has 168 valence electrons. The Hall–Kier alpha value is -2.82. The molecule has 0 spiro atoms. The minimum absolute atomic E-state index is 0.124. The molecule has 5 heteroatoms. The van der Waals surface area contributed by atoms with E-state index in [0.29, 0.717) is 11.5 Å². The van der Waals surface area contributed by atoms with E-state index in [0.717, 1.165) is 23.6 Å². The highest BCUT2D eigenvalue weighted by molar-refractivity contribution is 5.64. The van der Waals surface area contributed by atoms with E-state index < -0.39 is 29.9 Å². The predicted molar refractivity (Wildman–Crippen MR) is 118 cm³/mol. The third kappa shape index (κ3) is 4.82. The van der Waals surface area contributed by atoms with E-state index in [9.17, 15) is 17.6 Å². The van der Waals surface area contributed by atoms with Crippen molar-refractivity contribution in [2.75, 3.05) is 0 Å². The van der Waals surface area contributed by atoms with Crippen molar-refractivity contribution < 1.29 is 22.3 Å².